The summed E-state index contributed by atoms with van der Waals surface area (Å²) in [7, 11) is 0. The number of aromatic nitrogens is 3. The molecule has 0 saturated carbocycles. The van der Waals surface area contributed by atoms with Crippen molar-refractivity contribution in [2.45, 2.75) is 25.8 Å². The number of oxazole rings is 1. The Bertz CT molecular complexity index is 1170. The molecule has 7 nitrogen and oxygen atoms in total. The Morgan fingerprint density at radius 3 is 2.58 bits per heavy atom. The molecule has 2 aromatic carbocycles. The third-order valence-electron chi connectivity index (χ3n) is 4.54. The second kappa shape index (κ2) is 9.09. The van der Waals surface area contributed by atoms with Gasteiger partial charge in [0.1, 0.15) is 11.9 Å². The van der Waals surface area contributed by atoms with E-state index in [4.69, 9.17) is 20.5 Å². The van der Waals surface area contributed by atoms with Crippen molar-refractivity contribution >= 4 is 17.5 Å². The summed E-state index contributed by atoms with van der Waals surface area (Å²) in [6.07, 6.45) is 2.15. The van der Waals surface area contributed by atoms with Crippen LogP contribution in [-0.4, -0.2) is 21.0 Å². The van der Waals surface area contributed by atoms with E-state index in [1.54, 1.807) is 37.4 Å². The smallest absolute Gasteiger partial charge is 0.249 e. The van der Waals surface area contributed by atoms with E-state index in [0.717, 1.165) is 5.56 Å². The number of benzene rings is 2. The van der Waals surface area contributed by atoms with Gasteiger partial charge in [-0.2, -0.15) is 4.98 Å². The van der Waals surface area contributed by atoms with Crippen LogP contribution in [0.25, 0.3) is 22.7 Å². The number of carbonyl (C=O) groups is 1. The molecule has 1 N–H and O–H groups in total. The van der Waals surface area contributed by atoms with Gasteiger partial charge in [-0.3, -0.25) is 4.79 Å². The lowest BCUT2D eigenvalue weighted by Crippen LogP contribution is -2.27. The summed E-state index contributed by atoms with van der Waals surface area (Å²) < 4.78 is 24.0. The fourth-order valence-corrected chi connectivity index (χ4v) is 3.02. The van der Waals surface area contributed by atoms with Gasteiger partial charge in [-0.05, 0) is 55.5 Å². The highest BCUT2D eigenvalue weighted by atomic mass is 35.5. The molecule has 158 valence electrons. The fourth-order valence-electron chi connectivity index (χ4n) is 2.90. The Balaban J connectivity index is 1.31. The molecule has 1 unspecified atom stereocenters. The quantitative estimate of drug-likeness (QED) is 0.435. The highest BCUT2D eigenvalue weighted by molar-refractivity contribution is 6.30. The molecule has 0 radical (unpaired) electrons. The molecule has 4 aromatic rings. The van der Waals surface area contributed by atoms with Gasteiger partial charge in [0.15, 0.2) is 11.7 Å². The number of nitrogens with zero attached hydrogens (tertiary/aromatic N) is 3. The summed E-state index contributed by atoms with van der Waals surface area (Å²) in [4.78, 5) is 20.8. The lowest BCUT2D eigenvalue weighted by Gasteiger charge is -2.08. The van der Waals surface area contributed by atoms with E-state index in [9.17, 15) is 9.18 Å². The van der Waals surface area contributed by atoms with Crippen LogP contribution < -0.4 is 5.32 Å². The van der Waals surface area contributed by atoms with Gasteiger partial charge in [-0.15, -0.1) is 0 Å². The van der Waals surface area contributed by atoms with Crippen LogP contribution >= 0.6 is 11.6 Å². The number of hydrogen-bond acceptors (Lipinski definition) is 6. The highest BCUT2D eigenvalue weighted by Gasteiger charge is 2.18. The van der Waals surface area contributed by atoms with Gasteiger partial charge in [0, 0.05) is 29.0 Å². The lowest BCUT2D eigenvalue weighted by molar-refractivity contribution is -0.121. The number of carbonyl (C=O) groups excluding carboxylic acids is 1. The van der Waals surface area contributed by atoms with Gasteiger partial charge in [0.05, 0.1) is 6.20 Å². The number of halogens is 2. The first-order valence-electron chi connectivity index (χ1n) is 9.57. The standard InChI is InChI=1S/C22H18ClFN4O3/c1-13(22-27-21(28-31-22)15-4-8-17(24)9-5-15)26-19(29)10-11-20-25-12-18(30-20)14-2-6-16(23)7-3-14/h2-9,12-13H,10-11H2,1H3,(H,26,29). The van der Waals surface area contributed by atoms with Crippen LogP contribution in [0.15, 0.2) is 63.7 Å². The molecule has 1 amide bonds. The summed E-state index contributed by atoms with van der Waals surface area (Å²) >= 11 is 5.89. The zero-order chi connectivity index (χ0) is 21.8. The Morgan fingerprint density at radius 2 is 1.84 bits per heavy atom. The molecule has 2 heterocycles. The van der Waals surface area contributed by atoms with Gasteiger partial charge < -0.3 is 14.3 Å². The van der Waals surface area contributed by atoms with Crippen LogP contribution in [0.2, 0.25) is 5.02 Å². The van der Waals surface area contributed by atoms with Crippen molar-refractivity contribution in [1.82, 2.24) is 20.4 Å². The maximum atomic E-state index is 13.0. The van der Waals surface area contributed by atoms with Crippen molar-refractivity contribution in [3.05, 3.63) is 77.3 Å². The van der Waals surface area contributed by atoms with Crippen molar-refractivity contribution in [2.75, 3.05) is 0 Å². The molecular weight excluding hydrogens is 423 g/mol. The first-order chi connectivity index (χ1) is 15.0. The van der Waals surface area contributed by atoms with E-state index in [1.165, 1.54) is 12.1 Å². The maximum absolute atomic E-state index is 13.0. The molecule has 0 aliphatic heterocycles. The lowest BCUT2D eigenvalue weighted by atomic mass is 10.2. The van der Waals surface area contributed by atoms with E-state index in [2.05, 4.69) is 20.4 Å². The van der Waals surface area contributed by atoms with E-state index >= 15 is 0 Å². The normalized spacial score (nSPS) is 12.0. The molecule has 4 rings (SSSR count). The van der Waals surface area contributed by atoms with E-state index in [1.807, 2.05) is 12.1 Å². The van der Waals surface area contributed by atoms with Crippen LogP contribution in [0.1, 0.15) is 31.2 Å². The molecule has 2 aromatic heterocycles. The molecule has 0 spiro atoms. The Kier molecular flexibility index (Phi) is 6.08. The number of amides is 1. The monoisotopic (exact) mass is 440 g/mol. The second-order valence-corrected chi connectivity index (χ2v) is 7.31. The van der Waals surface area contributed by atoms with Gasteiger partial charge >= 0.3 is 0 Å². The predicted octanol–water partition coefficient (Wildman–Crippen LogP) is 4.99. The van der Waals surface area contributed by atoms with Crippen LogP contribution in [0, 0.1) is 5.82 Å². The van der Waals surface area contributed by atoms with Gasteiger partial charge in [0.2, 0.25) is 17.6 Å². The van der Waals surface area contributed by atoms with Crippen LogP contribution in [0.3, 0.4) is 0 Å². The summed E-state index contributed by atoms with van der Waals surface area (Å²) in [6, 6.07) is 12.5. The largest absolute Gasteiger partial charge is 0.441 e. The van der Waals surface area contributed by atoms with Crippen molar-refractivity contribution in [3.63, 3.8) is 0 Å². The van der Waals surface area contributed by atoms with Crippen LogP contribution in [0.5, 0.6) is 0 Å². The zero-order valence-corrected chi connectivity index (χ0v) is 17.3. The molecule has 0 aliphatic rings. The molecular formula is C22H18ClFN4O3. The third kappa shape index (κ3) is 5.16. The molecule has 1 atom stereocenters. The average Bonchev–Trinajstić information content (AvgIpc) is 3.44. The predicted molar refractivity (Wildman–Crippen MR) is 112 cm³/mol. The van der Waals surface area contributed by atoms with Crippen LogP contribution in [0.4, 0.5) is 4.39 Å². The third-order valence-corrected chi connectivity index (χ3v) is 4.79. The van der Waals surface area contributed by atoms with E-state index in [-0.39, 0.29) is 24.0 Å². The topological polar surface area (TPSA) is 94.1 Å². The molecule has 31 heavy (non-hydrogen) atoms. The van der Waals surface area contributed by atoms with Crippen LogP contribution in [-0.2, 0) is 11.2 Å². The number of aryl methyl sites for hydroxylation is 1. The minimum atomic E-state index is -0.483. The van der Waals surface area contributed by atoms with Crippen molar-refractivity contribution < 1.29 is 18.1 Å². The molecule has 0 saturated heterocycles. The molecule has 0 aliphatic carbocycles. The summed E-state index contributed by atoms with van der Waals surface area (Å²) in [6.45, 7) is 1.74. The molecule has 9 heteroatoms. The number of rotatable bonds is 7. The number of nitrogens with one attached hydrogen (secondary N) is 1. The van der Waals surface area contributed by atoms with Crippen molar-refractivity contribution in [1.29, 1.82) is 0 Å². The van der Waals surface area contributed by atoms with Gasteiger partial charge in [0.25, 0.3) is 0 Å². The average molecular weight is 441 g/mol. The minimum absolute atomic E-state index is 0.184. The van der Waals surface area contributed by atoms with Crippen molar-refractivity contribution in [3.8, 4) is 22.7 Å². The summed E-state index contributed by atoms with van der Waals surface area (Å²) in [5, 5.41) is 7.33. The van der Waals surface area contributed by atoms with Crippen molar-refractivity contribution in [2.24, 2.45) is 0 Å². The second-order valence-electron chi connectivity index (χ2n) is 6.88. The van der Waals surface area contributed by atoms with Gasteiger partial charge in [-0.1, -0.05) is 16.8 Å². The Labute approximate surface area is 182 Å². The highest BCUT2D eigenvalue weighted by Crippen LogP contribution is 2.23. The summed E-state index contributed by atoms with van der Waals surface area (Å²) in [5.41, 5.74) is 1.48. The fraction of sp³-hybridized carbons (Fsp3) is 0.182. The molecule has 0 bridgehead atoms. The Hall–Kier alpha value is -3.52. The zero-order valence-electron chi connectivity index (χ0n) is 16.5. The van der Waals surface area contributed by atoms with E-state index in [0.29, 0.717) is 34.5 Å². The summed E-state index contributed by atoms with van der Waals surface area (Å²) in [5.74, 6) is 1.10. The Morgan fingerprint density at radius 1 is 1.13 bits per heavy atom. The van der Waals surface area contributed by atoms with Gasteiger partial charge in [-0.25, -0.2) is 9.37 Å². The number of hydrogen-bond donors (Lipinski definition) is 1. The molecule has 0 fully saturated rings. The first-order valence-corrected chi connectivity index (χ1v) is 9.95. The minimum Gasteiger partial charge on any atom is -0.441 e. The maximum Gasteiger partial charge on any atom is 0.249 e. The van der Waals surface area contributed by atoms with E-state index < -0.39 is 6.04 Å². The first kappa shape index (κ1) is 20.7. The SMILES string of the molecule is CC(NC(=O)CCc1ncc(-c2ccc(Cl)cc2)o1)c1nc(-c2ccc(F)cc2)no1.